The van der Waals surface area contributed by atoms with Gasteiger partial charge >= 0.3 is 6.09 Å². The molecule has 2 N–H and O–H groups in total. The van der Waals surface area contributed by atoms with Gasteiger partial charge in [-0.1, -0.05) is 0 Å². The fourth-order valence-electron chi connectivity index (χ4n) is 3.40. The second-order valence-electron chi connectivity index (χ2n) is 8.96. The molecule has 31 heavy (non-hydrogen) atoms. The van der Waals surface area contributed by atoms with Crippen LogP contribution in [0.3, 0.4) is 0 Å². The largest absolute Gasteiger partial charge is 0.444 e. The van der Waals surface area contributed by atoms with Crippen molar-refractivity contribution >= 4 is 41.8 Å². The summed E-state index contributed by atoms with van der Waals surface area (Å²) in [6.45, 7) is 11.6. The van der Waals surface area contributed by atoms with E-state index in [1.807, 2.05) is 33.0 Å². The zero-order valence-electron chi connectivity index (χ0n) is 19.2. The lowest BCUT2D eigenvalue weighted by molar-refractivity contribution is 0.00701. The average Bonchev–Trinajstić information content (AvgIpc) is 2.66. The molecule has 0 spiro atoms. The van der Waals surface area contributed by atoms with E-state index in [-0.39, 0.29) is 36.1 Å². The number of likely N-dealkylation sites (N-methyl/N-ethyl adjacent to an activating group) is 1. The molecule has 2 fully saturated rings. The topological polar surface area (TPSA) is 85.3 Å². The number of carbonyl (C=O) groups is 1. The second-order valence-corrected chi connectivity index (χ2v) is 8.96. The number of carbonyl (C=O) groups excluding carboxylic acids is 1. The van der Waals surface area contributed by atoms with Crippen LogP contribution in [0.15, 0.2) is 23.3 Å². The van der Waals surface area contributed by atoms with Gasteiger partial charge in [-0.15, -0.1) is 24.0 Å². The van der Waals surface area contributed by atoms with Crippen molar-refractivity contribution in [1.82, 2.24) is 25.4 Å². The monoisotopic (exact) mass is 545 g/mol. The summed E-state index contributed by atoms with van der Waals surface area (Å²) in [5.74, 6) is 1.75. The number of amides is 1. The maximum atomic E-state index is 12.1. The molecule has 9 nitrogen and oxygen atoms in total. The van der Waals surface area contributed by atoms with Gasteiger partial charge in [-0.05, 0) is 45.5 Å². The minimum absolute atomic E-state index is 0. The number of nitrogens with one attached hydrogen (secondary N) is 2. The molecule has 1 aromatic heterocycles. The highest BCUT2D eigenvalue weighted by Gasteiger charge is 2.34. The molecule has 1 aromatic rings. The van der Waals surface area contributed by atoms with E-state index in [1.165, 1.54) is 0 Å². The lowest BCUT2D eigenvalue weighted by atomic mass is 10.1. The van der Waals surface area contributed by atoms with Gasteiger partial charge in [0, 0.05) is 59.1 Å². The predicted molar refractivity (Wildman–Crippen MR) is 134 cm³/mol. The maximum absolute atomic E-state index is 12.1. The quantitative estimate of drug-likeness (QED) is 0.339. The van der Waals surface area contributed by atoms with Crippen molar-refractivity contribution in [2.24, 2.45) is 4.99 Å². The lowest BCUT2D eigenvalue weighted by Gasteiger charge is -2.40. The summed E-state index contributed by atoms with van der Waals surface area (Å²) in [5, 5.41) is 6.72. The number of rotatable bonds is 4. The van der Waals surface area contributed by atoms with Crippen LogP contribution in [0.5, 0.6) is 0 Å². The molecule has 2 saturated heterocycles. The molecule has 0 bridgehead atoms. The van der Waals surface area contributed by atoms with Gasteiger partial charge in [0.1, 0.15) is 11.4 Å². The zero-order chi connectivity index (χ0) is 21.7. The molecule has 0 radical (unpaired) electrons. The first kappa shape index (κ1) is 25.4. The van der Waals surface area contributed by atoms with Gasteiger partial charge in [0.2, 0.25) is 0 Å². The van der Waals surface area contributed by atoms with Crippen molar-refractivity contribution < 1.29 is 9.53 Å². The van der Waals surface area contributed by atoms with Crippen molar-refractivity contribution in [3.8, 4) is 0 Å². The van der Waals surface area contributed by atoms with Crippen LogP contribution in [-0.2, 0) is 11.3 Å². The lowest BCUT2D eigenvalue weighted by Crippen LogP contribution is -2.63. The molecule has 0 atom stereocenters. The van der Waals surface area contributed by atoms with Crippen molar-refractivity contribution in [2.75, 3.05) is 58.3 Å². The summed E-state index contributed by atoms with van der Waals surface area (Å²) in [4.78, 5) is 27.3. The number of aliphatic imine (C=N–C) groups is 1. The third kappa shape index (κ3) is 7.67. The molecule has 2 aliphatic heterocycles. The molecule has 10 heteroatoms. The maximum Gasteiger partial charge on any atom is 0.410 e. The van der Waals surface area contributed by atoms with Crippen molar-refractivity contribution in [2.45, 2.75) is 39.0 Å². The number of piperazine rings is 1. The van der Waals surface area contributed by atoms with Crippen LogP contribution < -0.4 is 15.5 Å². The average molecular weight is 545 g/mol. The van der Waals surface area contributed by atoms with E-state index in [9.17, 15) is 4.79 Å². The highest BCUT2D eigenvalue weighted by atomic mass is 127. The van der Waals surface area contributed by atoms with Gasteiger partial charge < -0.3 is 30.1 Å². The Labute approximate surface area is 202 Å². The van der Waals surface area contributed by atoms with Crippen LogP contribution in [0, 0.1) is 0 Å². The highest BCUT2D eigenvalue weighted by molar-refractivity contribution is 14.0. The Morgan fingerprint density at radius 3 is 2.55 bits per heavy atom. The van der Waals surface area contributed by atoms with Gasteiger partial charge in [-0.3, -0.25) is 4.99 Å². The molecule has 3 rings (SSSR count). The Hall–Kier alpha value is -1.82. The van der Waals surface area contributed by atoms with E-state index in [2.05, 4.69) is 43.5 Å². The van der Waals surface area contributed by atoms with E-state index in [4.69, 9.17) is 4.74 Å². The van der Waals surface area contributed by atoms with Gasteiger partial charge in [0.05, 0.1) is 6.04 Å². The van der Waals surface area contributed by atoms with Crippen LogP contribution >= 0.6 is 24.0 Å². The third-order valence-electron chi connectivity index (χ3n) is 5.19. The number of pyridine rings is 1. The van der Waals surface area contributed by atoms with Crippen molar-refractivity contribution in [3.63, 3.8) is 0 Å². The van der Waals surface area contributed by atoms with E-state index in [1.54, 1.807) is 11.9 Å². The number of hydrogen-bond acceptors (Lipinski definition) is 6. The Morgan fingerprint density at radius 2 is 1.94 bits per heavy atom. The second kappa shape index (κ2) is 11.2. The fourth-order valence-corrected chi connectivity index (χ4v) is 3.40. The SMILES string of the molecule is CN=C(NCc1ccnc(N2CCN(C)CC2)c1)NC1CN(C(=O)OC(C)(C)C)C1.I. The predicted octanol–water partition coefficient (Wildman–Crippen LogP) is 1.74. The number of aromatic nitrogens is 1. The number of hydrogen-bond donors (Lipinski definition) is 2. The van der Waals surface area contributed by atoms with E-state index in [0.29, 0.717) is 19.6 Å². The number of likely N-dealkylation sites (tertiary alicyclic amines) is 1. The van der Waals surface area contributed by atoms with E-state index >= 15 is 0 Å². The molecular formula is C21H36IN7O2. The molecule has 174 valence electrons. The normalized spacial score (nSPS) is 18.2. The summed E-state index contributed by atoms with van der Waals surface area (Å²) < 4.78 is 5.39. The summed E-state index contributed by atoms with van der Waals surface area (Å²) in [6.07, 6.45) is 1.60. The molecule has 0 aliphatic carbocycles. The number of anilines is 1. The number of halogens is 1. The summed E-state index contributed by atoms with van der Waals surface area (Å²) in [7, 11) is 3.90. The van der Waals surface area contributed by atoms with Crippen LogP contribution in [0.1, 0.15) is 26.3 Å². The fraction of sp³-hybridized carbons (Fsp3) is 0.667. The molecule has 3 heterocycles. The minimum Gasteiger partial charge on any atom is -0.444 e. The summed E-state index contributed by atoms with van der Waals surface area (Å²) >= 11 is 0. The number of nitrogens with zero attached hydrogens (tertiary/aromatic N) is 5. The first-order chi connectivity index (χ1) is 14.2. The van der Waals surface area contributed by atoms with Crippen molar-refractivity contribution in [3.05, 3.63) is 23.9 Å². The van der Waals surface area contributed by atoms with Crippen LogP contribution in [-0.4, -0.2) is 91.8 Å². The van der Waals surface area contributed by atoms with Gasteiger partial charge in [-0.25, -0.2) is 9.78 Å². The molecule has 2 aliphatic rings. The zero-order valence-corrected chi connectivity index (χ0v) is 21.6. The van der Waals surface area contributed by atoms with E-state index < -0.39 is 5.60 Å². The molecule has 1 amide bonds. The first-order valence-corrected chi connectivity index (χ1v) is 10.6. The smallest absolute Gasteiger partial charge is 0.410 e. The van der Waals surface area contributed by atoms with E-state index in [0.717, 1.165) is 43.5 Å². The van der Waals surface area contributed by atoms with Crippen LogP contribution in [0.4, 0.5) is 10.6 Å². The van der Waals surface area contributed by atoms with Gasteiger partial charge in [0.25, 0.3) is 0 Å². The highest BCUT2D eigenvalue weighted by Crippen LogP contribution is 2.16. The Kier molecular flexibility index (Phi) is 9.16. The number of guanidine groups is 1. The third-order valence-corrected chi connectivity index (χ3v) is 5.19. The Balaban J connectivity index is 0.00000341. The van der Waals surface area contributed by atoms with Crippen LogP contribution in [0.2, 0.25) is 0 Å². The van der Waals surface area contributed by atoms with Crippen LogP contribution in [0.25, 0.3) is 0 Å². The molecular weight excluding hydrogens is 509 g/mol. The van der Waals surface area contributed by atoms with Crippen molar-refractivity contribution in [1.29, 1.82) is 0 Å². The standard InChI is InChI=1S/C21H35N7O2.HI/c1-21(2,3)30-20(29)28-14-17(15-28)25-19(22-4)24-13-16-6-7-23-18(12-16)27-10-8-26(5)9-11-27;/h6-7,12,17H,8-11,13-15H2,1-5H3,(H2,22,24,25);1H. The molecule has 0 aromatic carbocycles. The summed E-state index contributed by atoms with van der Waals surface area (Å²) in [5.41, 5.74) is 0.687. The Bertz CT molecular complexity index is 754. The minimum atomic E-state index is -0.472. The molecule has 0 unspecified atom stereocenters. The number of ether oxygens (including phenoxy) is 1. The Morgan fingerprint density at radius 1 is 1.26 bits per heavy atom. The van der Waals surface area contributed by atoms with Gasteiger partial charge in [0.15, 0.2) is 5.96 Å². The summed E-state index contributed by atoms with van der Waals surface area (Å²) in [6, 6.07) is 4.33. The first-order valence-electron chi connectivity index (χ1n) is 10.6. The van der Waals surface area contributed by atoms with Gasteiger partial charge in [-0.2, -0.15) is 0 Å². The molecule has 0 saturated carbocycles.